The Morgan fingerprint density at radius 2 is 2.12 bits per heavy atom. The van der Waals surface area contributed by atoms with E-state index in [1.54, 1.807) is 0 Å². The summed E-state index contributed by atoms with van der Waals surface area (Å²) < 4.78 is 4.56. The first-order valence-corrected chi connectivity index (χ1v) is 4.34. The molecule has 0 heterocycles. The molecule has 0 aliphatic heterocycles. The van der Waals surface area contributed by atoms with E-state index in [9.17, 15) is 14.4 Å². The molecule has 0 aromatic carbocycles. The average Bonchev–Trinajstić information content (AvgIpc) is 2.20. The van der Waals surface area contributed by atoms with Gasteiger partial charge in [-0.1, -0.05) is 6.58 Å². The maximum Gasteiger partial charge on any atom is 0.338 e. The van der Waals surface area contributed by atoms with Gasteiger partial charge in [0.15, 0.2) is 6.61 Å². The van der Waals surface area contributed by atoms with Gasteiger partial charge < -0.3 is 15.8 Å². The van der Waals surface area contributed by atoms with Gasteiger partial charge >= 0.3 is 12.0 Å². The molecule has 0 bridgehead atoms. The van der Waals surface area contributed by atoms with E-state index >= 15 is 0 Å². The molecule has 88 valence electrons. The minimum absolute atomic E-state index is 0.0341. The van der Waals surface area contributed by atoms with Gasteiger partial charge in [0.05, 0.1) is 6.54 Å². The van der Waals surface area contributed by atoms with Gasteiger partial charge in [-0.15, -0.1) is 0 Å². The molecule has 0 radical (unpaired) electrons. The van der Waals surface area contributed by atoms with Crippen LogP contribution in [-0.2, 0) is 14.3 Å². The maximum absolute atomic E-state index is 11.0. The van der Waals surface area contributed by atoms with E-state index in [1.807, 2.05) is 0 Å². The van der Waals surface area contributed by atoms with Gasteiger partial charge in [0.25, 0.3) is 5.91 Å². The molecule has 0 unspecified atom stereocenters. The molecule has 0 rings (SSSR count). The number of urea groups is 1. The van der Waals surface area contributed by atoms with Crippen LogP contribution in [-0.4, -0.2) is 37.3 Å². The summed E-state index contributed by atoms with van der Waals surface area (Å²) in [7, 11) is 0. The van der Waals surface area contributed by atoms with E-state index < -0.39 is 24.5 Å². The molecule has 0 atom stereocenters. The monoisotopic (exact) mass is 227 g/mol. The van der Waals surface area contributed by atoms with Gasteiger partial charge in [0.1, 0.15) is 0 Å². The summed E-state index contributed by atoms with van der Waals surface area (Å²) in [6.45, 7) is 4.45. The smallest absolute Gasteiger partial charge is 0.338 e. The summed E-state index contributed by atoms with van der Waals surface area (Å²) >= 11 is 0. The van der Waals surface area contributed by atoms with E-state index in [0.717, 1.165) is 6.21 Å². The van der Waals surface area contributed by atoms with Crippen molar-refractivity contribution in [2.75, 3.05) is 13.2 Å². The van der Waals surface area contributed by atoms with Crippen molar-refractivity contribution in [3.05, 3.63) is 12.2 Å². The second-order valence-corrected chi connectivity index (χ2v) is 2.81. The zero-order valence-electron chi connectivity index (χ0n) is 8.86. The summed E-state index contributed by atoms with van der Waals surface area (Å²) in [6, 6.07) is -0.844. The molecule has 0 aromatic heterocycles. The van der Waals surface area contributed by atoms with Crippen molar-refractivity contribution in [3.63, 3.8) is 0 Å². The van der Waals surface area contributed by atoms with Gasteiger partial charge in [0, 0.05) is 11.8 Å². The van der Waals surface area contributed by atoms with Gasteiger partial charge in [-0.25, -0.2) is 14.6 Å². The molecular formula is C9H13N3O4. The van der Waals surface area contributed by atoms with Crippen molar-refractivity contribution in [1.29, 1.82) is 0 Å². The van der Waals surface area contributed by atoms with Crippen LogP contribution >= 0.6 is 0 Å². The third-order valence-electron chi connectivity index (χ3n) is 1.29. The lowest BCUT2D eigenvalue weighted by atomic mass is 10.4. The predicted octanol–water partition coefficient (Wildman–Crippen LogP) is -0.629. The molecule has 0 spiro atoms. The van der Waals surface area contributed by atoms with Gasteiger partial charge in [-0.2, -0.15) is 0 Å². The van der Waals surface area contributed by atoms with Crippen molar-refractivity contribution < 1.29 is 19.1 Å². The molecule has 3 N–H and O–H groups in total. The first kappa shape index (κ1) is 13.8. The molecule has 3 amide bonds. The lowest BCUT2D eigenvalue weighted by Gasteiger charge is -2.03. The van der Waals surface area contributed by atoms with Crippen molar-refractivity contribution in [1.82, 2.24) is 5.32 Å². The molecule has 7 heteroatoms. The molecule has 16 heavy (non-hydrogen) atoms. The van der Waals surface area contributed by atoms with Crippen LogP contribution < -0.4 is 11.1 Å². The summed E-state index contributed by atoms with van der Waals surface area (Å²) in [5, 5.41) is 2.33. The van der Waals surface area contributed by atoms with Gasteiger partial charge in [-0.05, 0) is 6.92 Å². The second kappa shape index (κ2) is 7.16. The molecule has 0 aliphatic rings. The average molecular weight is 227 g/mol. The van der Waals surface area contributed by atoms with Crippen LogP contribution in [0.15, 0.2) is 17.1 Å². The van der Waals surface area contributed by atoms with E-state index in [-0.39, 0.29) is 12.1 Å². The number of amides is 3. The Labute approximate surface area is 92.4 Å². The van der Waals surface area contributed by atoms with Gasteiger partial charge in [-0.3, -0.25) is 4.79 Å². The number of carbonyl (C=O) groups excluding carboxylic acids is 3. The van der Waals surface area contributed by atoms with E-state index in [0.29, 0.717) is 0 Å². The number of nitrogens with one attached hydrogen (secondary N) is 1. The number of nitrogens with zero attached hydrogens (tertiary/aromatic N) is 1. The zero-order valence-corrected chi connectivity index (χ0v) is 8.86. The van der Waals surface area contributed by atoms with Crippen molar-refractivity contribution >= 4 is 24.1 Å². The van der Waals surface area contributed by atoms with Crippen LogP contribution in [0.1, 0.15) is 6.92 Å². The summed E-state index contributed by atoms with van der Waals surface area (Å²) in [6.07, 6.45) is 1.14. The number of carbonyl (C=O) groups is 3. The van der Waals surface area contributed by atoms with Crippen molar-refractivity contribution in [2.24, 2.45) is 10.7 Å². The standard InChI is InChI=1S/C9H13N3O4/c1-6(2)8(14)16-5-7(13)11-3-4-12-9(10)15/h4H,1,3,5H2,2H3,(H2,10,15)(H,11,13). The Morgan fingerprint density at radius 3 is 2.62 bits per heavy atom. The number of hydrogen-bond donors (Lipinski definition) is 2. The third kappa shape index (κ3) is 7.25. The topological polar surface area (TPSA) is 111 Å². The summed E-state index contributed by atoms with van der Waals surface area (Å²) in [5.74, 6) is -1.15. The van der Waals surface area contributed by atoms with Crippen molar-refractivity contribution in [2.45, 2.75) is 6.92 Å². The first-order chi connectivity index (χ1) is 7.43. The Balaban J connectivity index is 3.72. The fourth-order valence-corrected chi connectivity index (χ4v) is 0.600. The number of ether oxygens (including phenoxy) is 1. The largest absolute Gasteiger partial charge is 0.452 e. The molecule has 7 nitrogen and oxygen atoms in total. The highest BCUT2D eigenvalue weighted by atomic mass is 16.5. The Morgan fingerprint density at radius 1 is 1.50 bits per heavy atom. The molecule has 0 aliphatic carbocycles. The Kier molecular flexibility index (Phi) is 6.18. The molecule has 0 saturated carbocycles. The molecule has 0 fully saturated rings. The highest BCUT2D eigenvalue weighted by Gasteiger charge is 2.06. The Hall–Kier alpha value is -2.18. The van der Waals surface area contributed by atoms with Crippen LogP contribution in [0.5, 0.6) is 0 Å². The van der Waals surface area contributed by atoms with Crippen LogP contribution in [0.3, 0.4) is 0 Å². The number of nitrogens with two attached hydrogens (primary N) is 1. The number of aliphatic imine (C=N–C) groups is 1. The fourth-order valence-electron chi connectivity index (χ4n) is 0.600. The molecular weight excluding hydrogens is 214 g/mol. The normalized spacial score (nSPS) is 9.81. The van der Waals surface area contributed by atoms with E-state index in [4.69, 9.17) is 5.73 Å². The highest BCUT2D eigenvalue weighted by molar-refractivity contribution is 5.90. The number of primary amides is 1. The molecule has 0 aromatic rings. The van der Waals surface area contributed by atoms with Crippen LogP contribution in [0.2, 0.25) is 0 Å². The third-order valence-corrected chi connectivity index (χ3v) is 1.29. The van der Waals surface area contributed by atoms with E-state index in [1.165, 1.54) is 6.92 Å². The lowest BCUT2D eigenvalue weighted by Crippen LogP contribution is -2.30. The highest BCUT2D eigenvalue weighted by Crippen LogP contribution is 1.90. The van der Waals surface area contributed by atoms with Crippen LogP contribution in [0, 0.1) is 0 Å². The fraction of sp³-hybridized carbons (Fsp3) is 0.333. The van der Waals surface area contributed by atoms with E-state index in [2.05, 4.69) is 21.6 Å². The van der Waals surface area contributed by atoms with Crippen LogP contribution in [0.25, 0.3) is 0 Å². The minimum Gasteiger partial charge on any atom is -0.452 e. The quantitative estimate of drug-likeness (QED) is 0.370. The lowest BCUT2D eigenvalue weighted by molar-refractivity contribution is -0.144. The summed E-state index contributed by atoms with van der Waals surface area (Å²) in [5.41, 5.74) is 4.92. The molecule has 0 saturated heterocycles. The number of hydrogen-bond acceptors (Lipinski definition) is 4. The summed E-state index contributed by atoms with van der Waals surface area (Å²) in [4.78, 5) is 35.3. The SMILES string of the molecule is C=C(C)C(=O)OCC(=O)NCC=NC(N)=O. The van der Waals surface area contributed by atoms with Gasteiger partial charge in [0.2, 0.25) is 0 Å². The van der Waals surface area contributed by atoms with Crippen LogP contribution in [0.4, 0.5) is 4.79 Å². The first-order valence-electron chi connectivity index (χ1n) is 4.34. The second-order valence-electron chi connectivity index (χ2n) is 2.81. The predicted molar refractivity (Wildman–Crippen MR) is 56.9 cm³/mol. The van der Waals surface area contributed by atoms with Crippen molar-refractivity contribution in [3.8, 4) is 0 Å². The zero-order chi connectivity index (χ0) is 12.6. The maximum atomic E-state index is 11.0. The number of rotatable bonds is 5. The Bertz CT molecular complexity index is 336. The minimum atomic E-state index is -0.844. The number of esters is 1.